The molecule has 0 fully saturated rings. The highest BCUT2D eigenvalue weighted by molar-refractivity contribution is 5.76. The van der Waals surface area contributed by atoms with E-state index in [1.54, 1.807) is 17.3 Å². The summed E-state index contributed by atoms with van der Waals surface area (Å²) in [6, 6.07) is 3.89. The first-order valence-electron chi connectivity index (χ1n) is 6.05. The lowest BCUT2D eigenvalue weighted by atomic mass is 10.0. The molecule has 2 rings (SSSR count). The lowest BCUT2D eigenvalue weighted by Gasteiger charge is -2.18. The van der Waals surface area contributed by atoms with E-state index >= 15 is 0 Å². The highest BCUT2D eigenvalue weighted by Crippen LogP contribution is 2.21. The Morgan fingerprint density at radius 3 is 2.88 bits per heavy atom. The minimum atomic E-state index is 0.221. The molecular weight excluding hydrogens is 212 g/mol. The van der Waals surface area contributed by atoms with Crippen LogP contribution in [-0.4, -0.2) is 22.8 Å². The molecule has 1 aromatic heterocycles. The molecule has 0 saturated heterocycles. The SMILES string of the molecule is CN(Cc1ccncc1)C(=O)C[C@H]1C=CCC1. The van der Waals surface area contributed by atoms with Gasteiger partial charge >= 0.3 is 0 Å². The molecule has 17 heavy (non-hydrogen) atoms. The molecule has 1 aromatic rings. The fraction of sp³-hybridized carbons (Fsp3) is 0.429. The van der Waals surface area contributed by atoms with Crippen LogP contribution in [0.15, 0.2) is 36.7 Å². The maximum Gasteiger partial charge on any atom is 0.223 e. The topological polar surface area (TPSA) is 33.2 Å². The molecular formula is C14H18N2O. The summed E-state index contributed by atoms with van der Waals surface area (Å²) in [4.78, 5) is 17.7. The van der Waals surface area contributed by atoms with Gasteiger partial charge in [-0.15, -0.1) is 0 Å². The summed E-state index contributed by atoms with van der Waals surface area (Å²) in [5.41, 5.74) is 1.12. The predicted molar refractivity (Wildman–Crippen MR) is 67.2 cm³/mol. The predicted octanol–water partition coefficient (Wildman–Crippen LogP) is 2.40. The molecule has 90 valence electrons. The summed E-state index contributed by atoms with van der Waals surface area (Å²) in [5, 5.41) is 0. The van der Waals surface area contributed by atoms with Crippen molar-refractivity contribution in [2.75, 3.05) is 7.05 Å². The Morgan fingerprint density at radius 2 is 2.24 bits per heavy atom. The van der Waals surface area contributed by atoms with Crippen molar-refractivity contribution < 1.29 is 4.79 Å². The van der Waals surface area contributed by atoms with Crippen molar-refractivity contribution in [3.63, 3.8) is 0 Å². The lowest BCUT2D eigenvalue weighted by molar-refractivity contribution is -0.131. The zero-order valence-corrected chi connectivity index (χ0v) is 10.2. The summed E-state index contributed by atoms with van der Waals surface area (Å²) < 4.78 is 0. The Kier molecular flexibility index (Phi) is 3.91. The van der Waals surface area contributed by atoms with Crippen LogP contribution in [0.4, 0.5) is 0 Å². The van der Waals surface area contributed by atoms with Crippen molar-refractivity contribution in [3.8, 4) is 0 Å². The largest absolute Gasteiger partial charge is 0.341 e. The molecule has 3 heteroatoms. The van der Waals surface area contributed by atoms with Crippen molar-refractivity contribution >= 4 is 5.91 Å². The fourth-order valence-corrected chi connectivity index (χ4v) is 2.10. The number of carbonyl (C=O) groups excluding carboxylic acids is 1. The van der Waals surface area contributed by atoms with Gasteiger partial charge in [-0.1, -0.05) is 12.2 Å². The Labute approximate surface area is 102 Å². The van der Waals surface area contributed by atoms with Gasteiger partial charge in [-0.3, -0.25) is 9.78 Å². The molecule has 1 amide bonds. The number of amides is 1. The lowest BCUT2D eigenvalue weighted by Crippen LogP contribution is -2.27. The average molecular weight is 230 g/mol. The quantitative estimate of drug-likeness (QED) is 0.744. The van der Waals surface area contributed by atoms with Crippen LogP contribution in [0.3, 0.4) is 0 Å². The second-order valence-corrected chi connectivity index (χ2v) is 4.57. The third-order valence-corrected chi connectivity index (χ3v) is 3.14. The first-order valence-corrected chi connectivity index (χ1v) is 6.05. The summed E-state index contributed by atoms with van der Waals surface area (Å²) in [6.45, 7) is 0.664. The standard InChI is InChI=1S/C14H18N2O/c1-16(11-13-6-8-15-9-7-13)14(17)10-12-4-2-3-5-12/h2,4,6-9,12H,3,5,10-11H2,1H3/t12-/m0/s1. The van der Waals surface area contributed by atoms with E-state index in [0.29, 0.717) is 18.9 Å². The maximum atomic E-state index is 12.0. The zero-order chi connectivity index (χ0) is 12.1. The van der Waals surface area contributed by atoms with Crippen LogP contribution in [-0.2, 0) is 11.3 Å². The number of hydrogen-bond acceptors (Lipinski definition) is 2. The number of rotatable bonds is 4. The smallest absolute Gasteiger partial charge is 0.223 e. The summed E-state index contributed by atoms with van der Waals surface area (Å²) in [5.74, 6) is 0.667. The van der Waals surface area contributed by atoms with Crippen molar-refractivity contribution in [3.05, 3.63) is 42.2 Å². The van der Waals surface area contributed by atoms with Gasteiger partial charge in [-0.2, -0.15) is 0 Å². The minimum absolute atomic E-state index is 0.221. The van der Waals surface area contributed by atoms with E-state index in [-0.39, 0.29) is 5.91 Å². The molecule has 0 unspecified atom stereocenters. The number of pyridine rings is 1. The van der Waals surface area contributed by atoms with Gasteiger partial charge in [-0.25, -0.2) is 0 Å². The Balaban J connectivity index is 1.85. The Bertz CT molecular complexity index is 400. The fourth-order valence-electron chi connectivity index (χ4n) is 2.10. The van der Waals surface area contributed by atoms with Gasteiger partial charge in [0.2, 0.25) is 5.91 Å². The number of aromatic nitrogens is 1. The summed E-state index contributed by atoms with van der Waals surface area (Å²) in [7, 11) is 1.86. The minimum Gasteiger partial charge on any atom is -0.341 e. The van der Waals surface area contributed by atoms with Crippen molar-refractivity contribution in [2.24, 2.45) is 5.92 Å². The van der Waals surface area contributed by atoms with Crippen LogP contribution in [0.1, 0.15) is 24.8 Å². The average Bonchev–Trinajstić information content (AvgIpc) is 2.83. The molecule has 0 aromatic carbocycles. The van der Waals surface area contributed by atoms with Gasteiger partial charge in [0, 0.05) is 32.4 Å². The van der Waals surface area contributed by atoms with E-state index in [1.807, 2.05) is 19.2 Å². The Hall–Kier alpha value is -1.64. The van der Waals surface area contributed by atoms with E-state index in [0.717, 1.165) is 18.4 Å². The number of nitrogens with zero attached hydrogens (tertiary/aromatic N) is 2. The van der Waals surface area contributed by atoms with Crippen LogP contribution in [0.25, 0.3) is 0 Å². The van der Waals surface area contributed by atoms with Gasteiger partial charge < -0.3 is 4.90 Å². The third kappa shape index (κ3) is 3.41. The van der Waals surface area contributed by atoms with Crippen LogP contribution >= 0.6 is 0 Å². The van der Waals surface area contributed by atoms with Gasteiger partial charge in [0.1, 0.15) is 0 Å². The highest BCUT2D eigenvalue weighted by Gasteiger charge is 2.16. The van der Waals surface area contributed by atoms with E-state index in [1.165, 1.54) is 0 Å². The van der Waals surface area contributed by atoms with Gasteiger partial charge in [-0.05, 0) is 36.5 Å². The second-order valence-electron chi connectivity index (χ2n) is 4.57. The van der Waals surface area contributed by atoms with E-state index in [4.69, 9.17) is 0 Å². The molecule has 0 bridgehead atoms. The van der Waals surface area contributed by atoms with E-state index in [2.05, 4.69) is 17.1 Å². The summed E-state index contributed by atoms with van der Waals surface area (Å²) >= 11 is 0. The molecule has 0 aliphatic heterocycles. The highest BCUT2D eigenvalue weighted by atomic mass is 16.2. The number of allylic oxidation sites excluding steroid dienone is 2. The van der Waals surface area contributed by atoms with E-state index in [9.17, 15) is 4.79 Å². The van der Waals surface area contributed by atoms with Crippen LogP contribution in [0.5, 0.6) is 0 Å². The van der Waals surface area contributed by atoms with Crippen LogP contribution in [0, 0.1) is 5.92 Å². The van der Waals surface area contributed by atoms with Gasteiger partial charge in [0.05, 0.1) is 0 Å². The van der Waals surface area contributed by atoms with E-state index < -0.39 is 0 Å². The number of carbonyl (C=O) groups is 1. The van der Waals surface area contributed by atoms with Crippen molar-refractivity contribution in [1.29, 1.82) is 0 Å². The molecule has 0 saturated carbocycles. The third-order valence-electron chi connectivity index (χ3n) is 3.14. The monoisotopic (exact) mass is 230 g/mol. The molecule has 0 spiro atoms. The second kappa shape index (κ2) is 5.62. The molecule has 1 heterocycles. The molecule has 1 aliphatic rings. The molecule has 0 radical (unpaired) electrons. The van der Waals surface area contributed by atoms with Crippen LogP contribution in [0.2, 0.25) is 0 Å². The zero-order valence-electron chi connectivity index (χ0n) is 10.2. The molecule has 1 aliphatic carbocycles. The van der Waals surface area contributed by atoms with Gasteiger partial charge in [0.25, 0.3) is 0 Å². The van der Waals surface area contributed by atoms with Crippen LogP contribution < -0.4 is 0 Å². The maximum absolute atomic E-state index is 12.0. The number of hydrogen-bond donors (Lipinski definition) is 0. The van der Waals surface area contributed by atoms with Gasteiger partial charge in [0.15, 0.2) is 0 Å². The molecule has 0 N–H and O–H groups in total. The summed E-state index contributed by atoms with van der Waals surface area (Å²) in [6.07, 6.45) is 10.7. The molecule has 3 nitrogen and oxygen atoms in total. The van der Waals surface area contributed by atoms with Crippen molar-refractivity contribution in [2.45, 2.75) is 25.8 Å². The first kappa shape index (κ1) is 11.8. The normalized spacial score (nSPS) is 18.3. The molecule has 1 atom stereocenters. The van der Waals surface area contributed by atoms with Crippen molar-refractivity contribution in [1.82, 2.24) is 9.88 Å². The first-order chi connectivity index (χ1) is 8.25. The Morgan fingerprint density at radius 1 is 1.47 bits per heavy atom.